The molecule has 0 unspecified atom stereocenters. The molecule has 4 nitrogen and oxygen atoms in total. The highest BCUT2D eigenvalue weighted by atomic mass is 35.5. The van der Waals surface area contributed by atoms with Crippen molar-refractivity contribution in [3.05, 3.63) is 47.8 Å². The topological polar surface area (TPSA) is 43.9 Å². The number of halogens is 1. The molecule has 0 radical (unpaired) electrons. The highest BCUT2D eigenvalue weighted by Crippen LogP contribution is 2.17. The number of nitrogens with zero attached hydrogens (tertiary/aromatic N) is 3. The van der Waals surface area contributed by atoms with Gasteiger partial charge in [0.15, 0.2) is 5.65 Å². The molecule has 0 atom stereocenters. The molecule has 0 saturated heterocycles. The first-order valence-corrected chi connectivity index (χ1v) is 6.71. The third-order valence-corrected chi connectivity index (χ3v) is 3.32. The molecule has 0 saturated carbocycles. The van der Waals surface area contributed by atoms with E-state index in [1.165, 1.54) is 0 Å². The Kier molecular flexibility index (Phi) is 3.25. The van der Waals surface area contributed by atoms with Gasteiger partial charge in [0.2, 0.25) is 0 Å². The Morgan fingerprint density at radius 3 is 3.05 bits per heavy atom. The number of pyridine rings is 1. The molecule has 3 aromatic rings. The fourth-order valence-corrected chi connectivity index (χ4v) is 2.38. The second-order valence-corrected chi connectivity index (χ2v) is 4.77. The molecule has 98 valence electrons. The number of furan rings is 1. The minimum Gasteiger partial charge on any atom is -0.469 e. The van der Waals surface area contributed by atoms with E-state index in [1.54, 1.807) is 6.26 Å². The van der Waals surface area contributed by atoms with Crippen LogP contribution in [-0.2, 0) is 18.8 Å². The van der Waals surface area contributed by atoms with Gasteiger partial charge in [-0.2, -0.15) is 0 Å². The van der Waals surface area contributed by atoms with Crippen LogP contribution >= 0.6 is 11.6 Å². The van der Waals surface area contributed by atoms with E-state index >= 15 is 0 Å². The normalized spacial score (nSPS) is 11.3. The minimum absolute atomic E-state index is 0.383. The third-order valence-electron chi connectivity index (χ3n) is 3.08. The van der Waals surface area contributed by atoms with Gasteiger partial charge in [-0.3, -0.25) is 0 Å². The molecule has 0 aliphatic heterocycles. The van der Waals surface area contributed by atoms with Gasteiger partial charge < -0.3 is 8.98 Å². The number of imidazole rings is 1. The number of aromatic nitrogens is 3. The second-order valence-electron chi connectivity index (χ2n) is 4.50. The maximum Gasteiger partial charge on any atom is 0.160 e. The number of hydrogen-bond acceptors (Lipinski definition) is 3. The maximum atomic E-state index is 5.97. The fourth-order valence-electron chi connectivity index (χ4n) is 2.17. The van der Waals surface area contributed by atoms with E-state index in [9.17, 15) is 0 Å². The first-order chi connectivity index (χ1) is 9.28. The SMILES string of the molecule is Cc1cnc2c(c1)nc(CCl)n2CCc1ccco1. The Balaban J connectivity index is 1.96. The standard InChI is InChI=1S/C14H14ClN3O/c1-10-7-12-14(16-9-10)18(13(8-15)17-12)5-4-11-3-2-6-19-11/h2-3,6-7,9H,4-5,8H2,1H3. The van der Waals surface area contributed by atoms with Gasteiger partial charge in [0.05, 0.1) is 12.1 Å². The lowest BCUT2D eigenvalue weighted by atomic mass is 10.3. The van der Waals surface area contributed by atoms with E-state index in [0.29, 0.717) is 5.88 Å². The summed E-state index contributed by atoms with van der Waals surface area (Å²) in [5.41, 5.74) is 2.88. The van der Waals surface area contributed by atoms with E-state index in [1.807, 2.05) is 31.3 Å². The van der Waals surface area contributed by atoms with Crippen LogP contribution in [0.15, 0.2) is 35.1 Å². The molecular weight excluding hydrogens is 262 g/mol. The van der Waals surface area contributed by atoms with Crippen molar-refractivity contribution in [1.82, 2.24) is 14.5 Å². The van der Waals surface area contributed by atoms with Crippen molar-refractivity contribution in [2.24, 2.45) is 0 Å². The molecule has 0 spiro atoms. The van der Waals surface area contributed by atoms with E-state index in [2.05, 4.69) is 14.5 Å². The molecule has 0 bridgehead atoms. The fraction of sp³-hybridized carbons (Fsp3) is 0.286. The number of aryl methyl sites for hydroxylation is 3. The zero-order valence-corrected chi connectivity index (χ0v) is 11.4. The van der Waals surface area contributed by atoms with Crippen LogP contribution in [0.2, 0.25) is 0 Å². The van der Waals surface area contributed by atoms with E-state index in [4.69, 9.17) is 16.0 Å². The minimum atomic E-state index is 0.383. The van der Waals surface area contributed by atoms with Crippen molar-refractivity contribution >= 4 is 22.8 Å². The zero-order valence-electron chi connectivity index (χ0n) is 10.6. The molecule has 0 fully saturated rings. The van der Waals surface area contributed by atoms with Crippen molar-refractivity contribution < 1.29 is 4.42 Å². The lowest BCUT2D eigenvalue weighted by molar-refractivity contribution is 0.491. The van der Waals surface area contributed by atoms with Crippen LogP contribution in [0.3, 0.4) is 0 Å². The highest BCUT2D eigenvalue weighted by molar-refractivity contribution is 6.16. The summed E-state index contributed by atoms with van der Waals surface area (Å²) in [6, 6.07) is 5.89. The Morgan fingerprint density at radius 2 is 2.32 bits per heavy atom. The number of hydrogen-bond donors (Lipinski definition) is 0. The lowest BCUT2D eigenvalue weighted by Crippen LogP contribution is -2.05. The summed E-state index contributed by atoms with van der Waals surface area (Å²) < 4.78 is 7.41. The van der Waals surface area contributed by atoms with Crippen molar-refractivity contribution in [3.8, 4) is 0 Å². The molecule has 3 rings (SSSR count). The van der Waals surface area contributed by atoms with Crippen molar-refractivity contribution in [3.63, 3.8) is 0 Å². The average Bonchev–Trinajstić information content (AvgIpc) is 3.02. The number of rotatable bonds is 4. The first-order valence-electron chi connectivity index (χ1n) is 6.18. The summed E-state index contributed by atoms with van der Waals surface area (Å²) in [5.74, 6) is 2.18. The van der Waals surface area contributed by atoms with Gasteiger partial charge >= 0.3 is 0 Å². The predicted molar refractivity (Wildman–Crippen MR) is 74.2 cm³/mol. The van der Waals surface area contributed by atoms with Crippen LogP contribution in [0.5, 0.6) is 0 Å². The third kappa shape index (κ3) is 2.36. The molecule has 5 heteroatoms. The van der Waals surface area contributed by atoms with Crippen LogP contribution in [0, 0.1) is 6.92 Å². The second kappa shape index (κ2) is 5.05. The van der Waals surface area contributed by atoms with Crippen LogP contribution in [-0.4, -0.2) is 14.5 Å². The van der Waals surface area contributed by atoms with Crippen molar-refractivity contribution in [1.29, 1.82) is 0 Å². The van der Waals surface area contributed by atoms with Gasteiger partial charge in [0, 0.05) is 19.2 Å². The molecule has 0 N–H and O–H groups in total. The van der Waals surface area contributed by atoms with Crippen LogP contribution < -0.4 is 0 Å². The molecule has 3 heterocycles. The summed E-state index contributed by atoms with van der Waals surface area (Å²) in [6.07, 6.45) is 4.34. The Bertz CT molecular complexity index is 688. The summed E-state index contributed by atoms with van der Waals surface area (Å²) >= 11 is 5.97. The van der Waals surface area contributed by atoms with Gasteiger partial charge in [0.25, 0.3) is 0 Å². The summed E-state index contributed by atoms with van der Waals surface area (Å²) in [6.45, 7) is 2.77. The Hall–Kier alpha value is -1.81. The van der Waals surface area contributed by atoms with Gasteiger partial charge in [-0.1, -0.05) is 0 Å². The van der Waals surface area contributed by atoms with E-state index in [-0.39, 0.29) is 0 Å². The summed E-state index contributed by atoms with van der Waals surface area (Å²) in [4.78, 5) is 8.99. The Labute approximate surface area is 116 Å². The smallest absolute Gasteiger partial charge is 0.160 e. The maximum absolute atomic E-state index is 5.97. The predicted octanol–water partition coefficient (Wildman–Crippen LogP) is 3.31. The van der Waals surface area contributed by atoms with Crippen LogP contribution in [0.25, 0.3) is 11.2 Å². The zero-order chi connectivity index (χ0) is 13.2. The van der Waals surface area contributed by atoms with Gasteiger partial charge in [-0.15, -0.1) is 11.6 Å². The highest BCUT2D eigenvalue weighted by Gasteiger charge is 2.11. The monoisotopic (exact) mass is 275 g/mol. The number of alkyl halides is 1. The molecule has 0 aliphatic rings. The quantitative estimate of drug-likeness (QED) is 0.686. The Morgan fingerprint density at radius 1 is 1.42 bits per heavy atom. The van der Waals surface area contributed by atoms with Gasteiger partial charge in [-0.25, -0.2) is 9.97 Å². The molecule has 0 aliphatic carbocycles. The lowest BCUT2D eigenvalue weighted by Gasteiger charge is -2.05. The van der Waals surface area contributed by atoms with E-state index < -0.39 is 0 Å². The molecular formula is C14H14ClN3O. The van der Waals surface area contributed by atoms with Crippen molar-refractivity contribution in [2.75, 3.05) is 0 Å². The molecule has 0 aromatic carbocycles. The van der Waals surface area contributed by atoms with Gasteiger partial charge in [0.1, 0.15) is 17.1 Å². The van der Waals surface area contributed by atoms with Crippen LogP contribution in [0.1, 0.15) is 17.1 Å². The van der Waals surface area contributed by atoms with Gasteiger partial charge in [-0.05, 0) is 30.7 Å². The van der Waals surface area contributed by atoms with E-state index in [0.717, 1.165) is 41.3 Å². The van der Waals surface area contributed by atoms with Crippen LogP contribution in [0.4, 0.5) is 0 Å². The largest absolute Gasteiger partial charge is 0.469 e. The summed E-state index contributed by atoms with van der Waals surface area (Å²) in [7, 11) is 0. The number of fused-ring (bicyclic) bond motifs is 1. The van der Waals surface area contributed by atoms with Crippen molar-refractivity contribution in [2.45, 2.75) is 25.8 Å². The first kappa shape index (κ1) is 12.2. The molecule has 3 aromatic heterocycles. The molecule has 19 heavy (non-hydrogen) atoms. The average molecular weight is 276 g/mol. The summed E-state index contributed by atoms with van der Waals surface area (Å²) in [5, 5.41) is 0. The molecule has 0 amide bonds.